The van der Waals surface area contributed by atoms with E-state index in [9.17, 15) is 0 Å². The second-order valence-corrected chi connectivity index (χ2v) is 2.92. The molecule has 0 aliphatic rings. The van der Waals surface area contributed by atoms with Crippen LogP contribution < -0.4 is 10.1 Å². The topological polar surface area (TPSA) is 61.7 Å². The normalized spacial score (nSPS) is 12.2. The summed E-state index contributed by atoms with van der Waals surface area (Å²) in [5, 5.41) is 20.7. The van der Waals surface area contributed by atoms with E-state index < -0.39 is 6.10 Å². The smallest absolute Gasteiger partial charge is 0.141 e. The Hall–Kier alpha value is -1.26. The number of hydrogen-bond donors (Lipinski definition) is 3. The van der Waals surface area contributed by atoms with Crippen LogP contribution in [0.3, 0.4) is 0 Å². The van der Waals surface area contributed by atoms with Crippen LogP contribution in [0.15, 0.2) is 24.3 Å². The van der Waals surface area contributed by atoms with E-state index in [0.717, 1.165) is 11.4 Å². The molecule has 1 aromatic rings. The highest BCUT2D eigenvalue weighted by Crippen LogP contribution is 2.22. The number of ether oxygens (including phenoxy) is 1. The molecule has 0 amide bonds. The van der Waals surface area contributed by atoms with Crippen LogP contribution in [0.2, 0.25) is 0 Å². The quantitative estimate of drug-likeness (QED) is 0.641. The molecule has 0 heterocycles. The number of nitrogens with one attached hydrogen (secondary N) is 1. The van der Waals surface area contributed by atoms with Crippen molar-refractivity contribution in [3.63, 3.8) is 0 Å². The molecule has 3 N–H and O–H groups in total. The lowest BCUT2D eigenvalue weighted by molar-refractivity contribution is 0.105. The van der Waals surface area contributed by atoms with E-state index in [-0.39, 0.29) is 6.61 Å². The summed E-state index contributed by atoms with van der Waals surface area (Å²) in [7, 11) is 1.59. The van der Waals surface area contributed by atoms with Gasteiger partial charge < -0.3 is 20.3 Å². The Morgan fingerprint density at radius 1 is 1.43 bits per heavy atom. The summed E-state index contributed by atoms with van der Waals surface area (Å²) in [5.74, 6) is 0.720. The number of anilines is 1. The van der Waals surface area contributed by atoms with Gasteiger partial charge in [-0.1, -0.05) is 12.1 Å². The molecule has 4 nitrogen and oxygen atoms in total. The Morgan fingerprint density at radius 2 is 2.14 bits per heavy atom. The number of aliphatic hydroxyl groups excluding tert-OH is 2. The lowest BCUT2D eigenvalue weighted by atomic mass is 10.3. The minimum absolute atomic E-state index is 0.248. The first-order valence-electron chi connectivity index (χ1n) is 4.43. The standard InChI is InChI=1S/C10H15NO3/c1-14-10-5-3-2-4-9(10)11-6-8(13)7-12/h2-5,8,11-13H,6-7H2,1H3/t8-/m1/s1. The fraction of sp³-hybridized carbons (Fsp3) is 0.400. The van der Waals surface area contributed by atoms with Gasteiger partial charge in [0.2, 0.25) is 0 Å². The Kier molecular flexibility index (Phi) is 4.22. The van der Waals surface area contributed by atoms with Crippen molar-refractivity contribution in [1.29, 1.82) is 0 Å². The van der Waals surface area contributed by atoms with E-state index >= 15 is 0 Å². The molecule has 4 heteroatoms. The molecule has 1 rings (SSSR count). The number of benzene rings is 1. The molecule has 0 saturated heterocycles. The Balaban J connectivity index is 2.57. The minimum atomic E-state index is -0.750. The summed E-state index contributed by atoms with van der Waals surface area (Å²) in [6.07, 6.45) is -0.750. The third-order valence-corrected chi connectivity index (χ3v) is 1.85. The maximum Gasteiger partial charge on any atom is 0.141 e. The maximum absolute atomic E-state index is 9.13. The van der Waals surface area contributed by atoms with Gasteiger partial charge in [0.1, 0.15) is 5.75 Å². The third kappa shape index (κ3) is 2.90. The van der Waals surface area contributed by atoms with Crippen LogP contribution in [0.4, 0.5) is 5.69 Å². The number of aliphatic hydroxyl groups is 2. The molecule has 0 unspecified atom stereocenters. The number of methoxy groups -OCH3 is 1. The molecule has 14 heavy (non-hydrogen) atoms. The van der Waals surface area contributed by atoms with Gasteiger partial charge in [0, 0.05) is 6.54 Å². The van der Waals surface area contributed by atoms with Crippen molar-refractivity contribution in [3.05, 3.63) is 24.3 Å². The van der Waals surface area contributed by atoms with Crippen LogP contribution in [-0.4, -0.2) is 36.6 Å². The molecule has 0 spiro atoms. The first kappa shape index (κ1) is 10.8. The van der Waals surface area contributed by atoms with E-state index in [0.29, 0.717) is 6.54 Å². The van der Waals surface area contributed by atoms with Gasteiger partial charge in [-0.25, -0.2) is 0 Å². The summed E-state index contributed by atoms with van der Waals surface area (Å²) >= 11 is 0. The van der Waals surface area contributed by atoms with Crippen molar-refractivity contribution < 1.29 is 14.9 Å². The molecule has 78 valence electrons. The van der Waals surface area contributed by atoms with Gasteiger partial charge in [0.15, 0.2) is 0 Å². The number of hydrogen-bond acceptors (Lipinski definition) is 4. The second-order valence-electron chi connectivity index (χ2n) is 2.92. The SMILES string of the molecule is COc1ccccc1NC[C@@H](O)CO. The van der Waals surface area contributed by atoms with Crippen LogP contribution in [0.1, 0.15) is 0 Å². The summed E-state index contributed by atoms with van der Waals surface area (Å²) in [4.78, 5) is 0. The highest BCUT2D eigenvalue weighted by atomic mass is 16.5. The van der Waals surface area contributed by atoms with Gasteiger partial charge in [-0.05, 0) is 12.1 Å². The van der Waals surface area contributed by atoms with Crippen LogP contribution in [0, 0.1) is 0 Å². The Labute approximate surface area is 83.1 Å². The second kappa shape index (κ2) is 5.47. The van der Waals surface area contributed by atoms with E-state index in [2.05, 4.69) is 5.32 Å². The van der Waals surface area contributed by atoms with Crippen LogP contribution in [-0.2, 0) is 0 Å². The van der Waals surface area contributed by atoms with Crippen molar-refractivity contribution in [2.24, 2.45) is 0 Å². The zero-order valence-corrected chi connectivity index (χ0v) is 8.10. The van der Waals surface area contributed by atoms with Gasteiger partial charge in [-0.2, -0.15) is 0 Å². The van der Waals surface area contributed by atoms with Gasteiger partial charge in [-0.3, -0.25) is 0 Å². The van der Waals surface area contributed by atoms with Crippen LogP contribution >= 0.6 is 0 Å². The van der Waals surface area contributed by atoms with Crippen molar-refractivity contribution in [2.45, 2.75) is 6.10 Å². The molecular weight excluding hydrogens is 182 g/mol. The fourth-order valence-corrected chi connectivity index (χ4v) is 1.08. The Bertz CT molecular complexity index is 278. The monoisotopic (exact) mass is 197 g/mol. The molecule has 1 atom stereocenters. The summed E-state index contributed by atoms with van der Waals surface area (Å²) in [5.41, 5.74) is 0.808. The van der Waals surface area contributed by atoms with Crippen molar-refractivity contribution in [2.75, 3.05) is 25.6 Å². The van der Waals surface area contributed by atoms with Crippen molar-refractivity contribution >= 4 is 5.69 Å². The predicted molar refractivity (Wildman–Crippen MR) is 54.6 cm³/mol. The molecular formula is C10H15NO3. The summed E-state index contributed by atoms with van der Waals surface area (Å²) in [6.45, 7) is 0.0546. The van der Waals surface area contributed by atoms with E-state index in [1.54, 1.807) is 7.11 Å². The molecule has 1 aromatic carbocycles. The average Bonchev–Trinajstić information content (AvgIpc) is 2.26. The van der Waals surface area contributed by atoms with E-state index in [4.69, 9.17) is 14.9 Å². The zero-order chi connectivity index (χ0) is 10.4. The number of rotatable bonds is 5. The van der Waals surface area contributed by atoms with Gasteiger partial charge in [-0.15, -0.1) is 0 Å². The molecule has 0 fully saturated rings. The van der Waals surface area contributed by atoms with Crippen molar-refractivity contribution in [3.8, 4) is 5.75 Å². The molecule has 0 aliphatic carbocycles. The highest BCUT2D eigenvalue weighted by Gasteiger charge is 2.04. The molecule has 0 radical (unpaired) electrons. The lowest BCUT2D eigenvalue weighted by Crippen LogP contribution is -2.23. The van der Waals surface area contributed by atoms with Gasteiger partial charge in [0.05, 0.1) is 25.5 Å². The molecule has 0 aromatic heterocycles. The molecule has 0 aliphatic heterocycles. The van der Waals surface area contributed by atoms with Crippen LogP contribution in [0.25, 0.3) is 0 Å². The van der Waals surface area contributed by atoms with E-state index in [1.807, 2.05) is 24.3 Å². The summed E-state index contributed by atoms with van der Waals surface area (Å²) < 4.78 is 5.10. The highest BCUT2D eigenvalue weighted by molar-refractivity contribution is 5.56. The molecule has 0 bridgehead atoms. The number of para-hydroxylation sites is 2. The predicted octanol–water partition coefficient (Wildman–Crippen LogP) is 0.460. The third-order valence-electron chi connectivity index (χ3n) is 1.85. The van der Waals surface area contributed by atoms with Crippen molar-refractivity contribution in [1.82, 2.24) is 0 Å². The van der Waals surface area contributed by atoms with E-state index in [1.165, 1.54) is 0 Å². The molecule has 0 saturated carbocycles. The Morgan fingerprint density at radius 3 is 2.79 bits per heavy atom. The van der Waals surface area contributed by atoms with Gasteiger partial charge >= 0.3 is 0 Å². The maximum atomic E-state index is 9.13. The first-order chi connectivity index (χ1) is 6.77. The minimum Gasteiger partial charge on any atom is -0.495 e. The first-order valence-corrected chi connectivity index (χ1v) is 4.43. The summed E-state index contributed by atoms with van der Waals surface area (Å²) in [6, 6.07) is 7.42. The largest absolute Gasteiger partial charge is 0.495 e. The fourth-order valence-electron chi connectivity index (χ4n) is 1.08. The lowest BCUT2D eigenvalue weighted by Gasteiger charge is -2.12. The average molecular weight is 197 g/mol. The van der Waals surface area contributed by atoms with Crippen LogP contribution in [0.5, 0.6) is 5.75 Å². The van der Waals surface area contributed by atoms with Gasteiger partial charge in [0.25, 0.3) is 0 Å². The zero-order valence-electron chi connectivity index (χ0n) is 8.10.